The third kappa shape index (κ3) is 1.59. The van der Waals surface area contributed by atoms with Gasteiger partial charge in [0.1, 0.15) is 5.58 Å². The zero-order chi connectivity index (χ0) is 12.5. The van der Waals surface area contributed by atoms with E-state index in [-0.39, 0.29) is 0 Å². The SMILES string of the molecule is CNC(=O)Oc1cccc2c1oc1ccccc12. The first kappa shape index (κ1) is 10.7. The summed E-state index contributed by atoms with van der Waals surface area (Å²) in [6, 6.07) is 13.2. The number of ether oxygens (including phenoxy) is 1. The zero-order valence-corrected chi connectivity index (χ0v) is 9.77. The lowest BCUT2D eigenvalue weighted by Gasteiger charge is -2.02. The number of amides is 1. The molecule has 4 heteroatoms. The van der Waals surface area contributed by atoms with Crippen molar-refractivity contribution in [2.45, 2.75) is 0 Å². The molecule has 1 N–H and O–H groups in total. The second kappa shape index (κ2) is 4.07. The molecule has 0 atom stereocenters. The molecule has 1 amide bonds. The fraction of sp³-hybridized carbons (Fsp3) is 0.0714. The Kier molecular flexibility index (Phi) is 2.41. The Bertz CT molecular complexity index is 730. The molecule has 0 aliphatic heterocycles. The first-order valence-corrected chi connectivity index (χ1v) is 5.59. The molecule has 0 unspecified atom stereocenters. The second-order valence-electron chi connectivity index (χ2n) is 3.87. The molecule has 1 aromatic heterocycles. The monoisotopic (exact) mass is 241 g/mol. The Balaban J connectivity index is 2.24. The van der Waals surface area contributed by atoms with Crippen LogP contribution in [0.2, 0.25) is 0 Å². The molecule has 4 nitrogen and oxygen atoms in total. The van der Waals surface area contributed by atoms with E-state index in [0.29, 0.717) is 11.3 Å². The Hall–Kier alpha value is -2.49. The number of nitrogens with one attached hydrogen (secondary N) is 1. The summed E-state index contributed by atoms with van der Waals surface area (Å²) in [7, 11) is 1.51. The first-order chi connectivity index (χ1) is 8.79. The molecular formula is C14H11NO3. The molecule has 3 rings (SSSR count). The quantitative estimate of drug-likeness (QED) is 0.711. The van der Waals surface area contributed by atoms with Crippen molar-refractivity contribution in [1.29, 1.82) is 0 Å². The van der Waals surface area contributed by atoms with Gasteiger partial charge in [0.25, 0.3) is 0 Å². The summed E-state index contributed by atoms with van der Waals surface area (Å²) in [6.07, 6.45) is -0.511. The molecule has 0 aliphatic carbocycles. The summed E-state index contributed by atoms with van der Waals surface area (Å²) in [6.45, 7) is 0. The van der Waals surface area contributed by atoms with Gasteiger partial charge < -0.3 is 14.5 Å². The maximum atomic E-state index is 11.3. The molecule has 0 saturated heterocycles. The Labute approximate surface area is 103 Å². The van der Waals surface area contributed by atoms with Crippen molar-refractivity contribution in [2.24, 2.45) is 0 Å². The minimum atomic E-state index is -0.511. The summed E-state index contributed by atoms with van der Waals surface area (Å²) in [5.74, 6) is 0.419. The number of carbonyl (C=O) groups excluding carboxylic acids is 1. The Morgan fingerprint density at radius 3 is 2.72 bits per heavy atom. The highest BCUT2D eigenvalue weighted by Gasteiger charge is 2.12. The van der Waals surface area contributed by atoms with Gasteiger partial charge in [0.15, 0.2) is 11.3 Å². The number of benzene rings is 2. The molecule has 0 fully saturated rings. The van der Waals surface area contributed by atoms with E-state index in [0.717, 1.165) is 16.4 Å². The summed E-state index contributed by atoms with van der Waals surface area (Å²) >= 11 is 0. The molecule has 0 aliphatic rings. The van der Waals surface area contributed by atoms with E-state index in [9.17, 15) is 4.79 Å². The molecule has 0 bridgehead atoms. The van der Waals surface area contributed by atoms with Crippen molar-refractivity contribution in [1.82, 2.24) is 5.32 Å². The van der Waals surface area contributed by atoms with Crippen LogP contribution < -0.4 is 10.1 Å². The summed E-state index contributed by atoms with van der Waals surface area (Å²) in [5.41, 5.74) is 1.36. The van der Waals surface area contributed by atoms with Crippen molar-refractivity contribution in [3.63, 3.8) is 0 Å². The summed E-state index contributed by atoms with van der Waals surface area (Å²) < 4.78 is 10.9. The number of hydrogen-bond acceptors (Lipinski definition) is 3. The minimum absolute atomic E-state index is 0.419. The van der Waals surface area contributed by atoms with Gasteiger partial charge in [-0.05, 0) is 12.1 Å². The zero-order valence-electron chi connectivity index (χ0n) is 9.77. The molecule has 2 aromatic carbocycles. The fourth-order valence-electron chi connectivity index (χ4n) is 1.95. The molecule has 0 spiro atoms. The van der Waals surface area contributed by atoms with Crippen LogP contribution in [0.5, 0.6) is 5.75 Å². The third-order valence-electron chi connectivity index (χ3n) is 2.77. The number of furan rings is 1. The summed E-state index contributed by atoms with van der Waals surface area (Å²) in [5, 5.41) is 4.36. The predicted octanol–water partition coefficient (Wildman–Crippen LogP) is 3.30. The van der Waals surface area contributed by atoms with E-state index in [1.165, 1.54) is 7.05 Å². The molecule has 0 radical (unpaired) electrons. The van der Waals surface area contributed by atoms with Gasteiger partial charge >= 0.3 is 6.09 Å². The van der Waals surface area contributed by atoms with E-state index in [1.54, 1.807) is 6.07 Å². The first-order valence-electron chi connectivity index (χ1n) is 5.59. The van der Waals surface area contributed by atoms with Crippen molar-refractivity contribution in [2.75, 3.05) is 7.05 Å². The van der Waals surface area contributed by atoms with Crippen LogP contribution in [-0.4, -0.2) is 13.1 Å². The van der Waals surface area contributed by atoms with E-state index in [1.807, 2.05) is 36.4 Å². The highest BCUT2D eigenvalue weighted by molar-refractivity contribution is 6.07. The summed E-state index contributed by atoms with van der Waals surface area (Å²) in [4.78, 5) is 11.3. The largest absolute Gasteiger partial charge is 0.452 e. The molecule has 90 valence electrons. The number of carbonyl (C=O) groups is 1. The van der Waals surface area contributed by atoms with E-state index in [4.69, 9.17) is 9.15 Å². The molecular weight excluding hydrogens is 230 g/mol. The Morgan fingerprint density at radius 1 is 1.11 bits per heavy atom. The predicted molar refractivity (Wildman–Crippen MR) is 68.8 cm³/mol. The average molecular weight is 241 g/mol. The second-order valence-corrected chi connectivity index (χ2v) is 3.87. The molecule has 3 aromatic rings. The lowest BCUT2D eigenvalue weighted by molar-refractivity contribution is 0.203. The van der Waals surface area contributed by atoms with E-state index < -0.39 is 6.09 Å². The highest BCUT2D eigenvalue weighted by atomic mass is 16.6. The van der Waals surface area contributed by atoms with Crippen LogP contribution in [0.15, 0.2) is 46.9 Å². The Morgan fingerprint density at radius 2 is 1.89 bits per heavy atom. The van der Waals surface area contributed by atoms with Gasteiger partial charge in [-0.2, -0.15) is 0 Å². The average Bonchev–Trinajstić information content (AvgIpc) is 2.78. The van der Waals surface area contributed by atoms with Gasteiger partial charge in [0.2, 0.25) is 0 Å². The topological polar surface area (TPSA) is 51.5 Å². The standard InChI is InChI=1S/C14H11NO3/c1-15-14(16)18-12-8-4-6-10-9-5-2-3-7-11(9)17-13(10)12/h2-8H,1H3,(H,15,16). The molecule has 18 heavy (non-hydrogen) atoms. The van der Waals surface area contributed by atoms with Crippen LogP contribution in [0, 0.1) is 0 Å². The van der Waals surface area contributed by atoms with Crippen LogP contribution >= 0.6 is 0 Å². The number of fused-ring (bicyclic) bond motifs is 3. The van der Waals surface area contributed by atoms with Crippen LogP contribution in [-0.2, 0) is 0 Å². The lowest BCUT2D eigenvalue weighted by Crippen LogP contribution is -2.22. The third-order valence-corrected chi connectivity index (χ3v) is 2.77. The van der Waals surface area contributed by atoms with Gasteiger partial charge in [-0.15, -0.1) is 0 Å². The normalized spacial score (nSPS) is 10.7. The maximum Gasteiger partial charge on any atom is 0.412 e. The van der Waals surface area contributed by atoms with Gasteiger partial charge in [-0.1, -0.05) is 30.3 Å². The fourth-order valence-corrected chi connectivity index (χ4v) is 1.95. The molecule has 0 saturated carbocycles. The number of rotatable bonds is 1. The van der Waals surface area contributed by atoms with Gasteiger partial charge in [0, 0.05) is 17.8 Å². The van der Waals surface area contributed by atoms with Gasteiger partial charge in [-0.25, -0.2) is 4.79 Å². The van der Waals surface area contributed by atoms with Crippen molar-refractivity contribution in [3.05, 3.63) is 42.5 Å². The van der Waals surface area contributed by atoms with Crippen molar-refractivity contribution >= 4 is 28.0 Å². The lowest BCUT2D eigenvalue weighted by atomic mass is 10.1. The van der Waals surface area contributed by atoms with Crippen LogP contribution in [0.3, 0.4) is 0 Å². The van der Waals surface area contributed by atoms with Crippen molar-refractivity contribution in [3.8, 4) is 5.75 Å². The maximum absolute atomic E-state index is 11.3. The van der Waals surface area contributed by atoms with Crippen LogP contribution in [0.4, 0.5) is 4.79 Å². The van der Waals surface area contributed by atoms with Crippen molar-refractivity contribution < 1.29 is 13.9 Å². The van der Waals surface area contributed by atoms with E-state index in [2.05, 4.69) is 5.32 Å². The molecule has 1 heterocycles. The van der Waals surface area contributed by atoms with E-state index >= 15 is 0 Å². The highest BCUT2D eigenvalue weighted by Crippen LogP contribution is 2.34. The minimum Gasteiger partial charge on any atom is -0.452 e. The van der Waals surface area contributed by atoms with Crippen LogP contribution in [0.1, 0.15) is 0 Å². The smallest absolute Gasteiger partial charge is 0.412 e. The van der Waals surface area contributed by atoms with Gasteiger partial charge in [0.05, 0.1) is 0 Å². The van der Waals surface area contributed by atoms with Gasteiger partial charge in [-0.3, -0.25) is 0 Å². The van der Waals surface area contributed by atoms with Crippen LogP contribution in [0.25, 0.3) is 21.9 Å². The number of para-hydroxylation sites is 2. The number of hydrogen-bond donors (Lipinski definition) is 1.